The first-order valence-corrected chi connectivity index (χ1v) is 4.59. The molecule has 1 aromatic carbocycles. The zero-order valence-corrected chi connectivity index (χ0v) is 8.15. The third-order valence-corrected chi connectivity index (χ3v) is 2.06. The molecule has 15 heavy (non-hydrogen) atoms. The van der Waals surface area contributed by atoms with Gasteiger partial charge in [0.25, 0.3) is 0 Å². The van der Waals surface area contributed by atoms with Gasteiger partial charge in [-0.3, -0.25) is 0 Å². The number of hydrogen-bond donors (Lipinski definition) is 2. The standard InChI is InChI=1S/C10H10N2O3/c1-2-11-9-7-5-6(10(13)14)3-4-8(7)15-12-9/h3-5H,2H2,1H3,(H,11,12)(H,13,14). The van der Waals surface area contributed by atoms with Crippen LogP contribution >= 0.6 is 0 Å². The molecule has 0 bridgehead atoms. The lowest BCUT2D eigenvalue weighted by molar-refractivity contribution is 0.0697. The Morgan fingerprint density at radius 3 is 3.07 bits per heavy atom. The number of carbonyl (C=O) groups is 1. The number of hydrogen-bond acceptors (Lipinski definition) is 4. The minimum atomic E-state index is -0.958. The molecule has 0 radical (unpaired) electrons. The molecular weight excluding hydrogens is 196 g/mol. The molecule has 1 heterocycles. The summed E-state index contributed by atoms with van der Waals surface area (Å²) in [6.07, 6.45) is 0. The number of carboxylic acids is 1. The molecule has 0 saturated carbocycles. The monoisotopic (exact) mass is 206 g/mol. The number of nitrogens with zero attached hydrogens (tertiary/aromatic N) is 1. The highest BCUT2D eigenvalue weighted by molar-refractivity contribution is 5.96. The van der Waals surface area contributed by atoms with Crippen LogP contribution in [0.4, 0.5) is 5.82 Å². The number of carboxylic acid groups (broad SMARTS) is 1. The van der Waals surface area contributed by atoms with E-state index in [4.69, 9.17) is 9.63 Å². The molecule has 0 spiro atoms. The summed E-state index contributed by atoms with van der Waals surface area (Å²) in [5.41, 5.74) is 0.806. The van der Waals surface area contributed by atoms with Gasteiger partial charge in [-0.25, -0.2) is 4.79 Å². The van der Waals surface area contributed by atoms with Crippen molar-refractivity contribution < 1.29 is 14.4 Å². The lowest BCUT2D eigenvalue weighted by Crippen LogP contribution is -1.98. The van der Waals surface area contributed by atoms with Crippen LogP contribution < -0.4 is 5.32 Å². The van der Waals surface area contributed by atoms with E-state index in [1.165, 1.54) is 6.07 Å². The van der Waals surface area contributed by atoms with Crippen molar-refractivity contribution in [3.63, 3.8) is 0 Å². The van der Waals surface area contributed by atoms with Crippen LogP contribution in [0.1, 0.15) is 17.3 Å². The number of anilines is 1. The average Bonchev–Trinajstić information content (AvgIpc) is 2.61. The van der Waals surface area contributed by atoms with Crippen molar-refractivity contribution in [3.8, 4) is 0 Å². The van der Waals surface area contributed by atoms with Crippen molar-refractivity contribution in [2.45, 2.75) is 6.92 Å². The highest BCUT2D eigenvalue weighted by atomic mass is 16.5. The van der Waals surface area contributed by atoms with Crippen LogP contribution in [0.5, 0.6) is 0 Å². The largest absolute Gasteiger partial charge is 0.478 e. The molecule has 0 aliphatic carbocycles. The Balaban J connectivity index is 2.56. The number of aromatic carboxylic acids is 1. The van der Waals surface area contributed by atoms with Gasteiger partial charge in [0.2, 0.25) is 0 Å². The van der Waals surface area contributed by atoms with Crippen molar-refractivity contribution >= 4 is 22.8 Å². The summed E-state index contributed by atoms with van der Waals surface area (Å²) in [6, 6.07) is 4.64. The molecule has 2 rings (SSSR count). The molecule has 5 heteroatoms. The van der Waals surface area contributed by atoms with Gasteiger partial charge in [-0.15, -0.1) is 0 Å². The Morgan fingerprint density at radius 1 is 1.60 bits per heavy atom. The fourth-order valence-electron chi connectivity index (χ4n) is 1.37. The van der Waals surface area contributed by atoms with Gasteiger partial charge in [-0.05, 0) is 25.1 Å². The topological polar surface area (TPSA) is 75.4 Å². The number of fused-ring (bicyclic) bond motifs is 1. The summed E-state index contributed by atoms with van der Waals surface area (Å²) >= 11 is 0. The molecule has 2 aromatic rings. The second kappa shape index (κ2) is 3.61. The third-order valence-electron chi connectivity index (χ3n) is 2.06. The molecule has 5 nitrogen and oxygen atoms in total. The predicted octanol–water partition coefficient (Wildman–Crippen LogP) is 1.96. The average molecular weight is 206 g/mol. The quantitative estimate of drug-likeness (QED) is 0.802. The highest BCUT2D eigenvalue weighted by Gasteiger charge is 2.10. The summed E-state index contributed by atoms with van der Waals surface area (Å²) in [6.45, 7) is 2.64. The van der Waals surface area contributed by atoms with E-state index in [9.17, 15) is 4.79 Å². The fourth-order valence-corrected chi connectivity index (χ4v) is 1.37. The maximum absolute atomic E-state index is 10.8. The summed E-state index contributed by atoms with van der Waals surface area (Å²) < 4.78 is 5.03. The minimum absolute atomic E-state index is 0.227. The van der Waals surface area contributed by atoms with E-state index in [2.05, 4.69) is 10.5 Å². The Bertz CT molecular complexity index is 504. The van der Waals surface area contributed by atoms with E-state index in [1.807, 2.05) is 6.92 Å². The van der Waals surface area contributed by atoms with Crippen LogP contribution in [-0.2, 0) is 0 Å². The summed E-state index contributed by atoms with van der Waals surface area (Å²) in [7, 11) is 0. The van der Waals surface area contributed by atoms with Crippen LogP contribution in [0, 0.1) is 0 Å². The smallest absolute Gasteiger partial charge is 0.335 e. The Morgan fingerprint density at radius 2 is 2.40 bits per heavy atom. The SMILES string of the molecule is CCNc1noc2ccc(C(=O)O)cc12. The third kappa shape index (κ3) is 1.63. The highest BCUT2D eigenvalue weighted by Crippen LogP contribution is 2.23. The Labute approximate surface area is 85.7 Å². The van der Waals surface area contributed by atoms with Gasteiger partial charge in [-0.1, -0.05) is 5.16 Å². The molecule has 1 aromatic heterocycles. The molecule has 0 aliphatic rings. The zero-order chi connectivity index (χ0) is 10.8. The first-order valence-electron chi connectivity index (χ1n) is 4.59. The summed E-state index contributed by atoms with van der Waals surface area (Å²) in [5.74, 6) is -0.379. The van der Waals surface area contributed by atoms with E-state index >= 15 is 0 Å². The molecule has 2 N–H and O–H groups in total. The minimum Gasteiger partial charge on any atom is -0.478 e. The normalized spacial score (nSPS) is 10.5. The van der Waals surface area contributed by atoms with E-state index in [1.54, 1.807) is 12.1 Å². The Hall–Kier alpha value is -2.04. The predicted molar refractivity (Wildman–Crippen MR) is 55.1 cm³/mol. The second-order valence-electron chi connectivity index (χ2n) is 3.08. The van der Waals surface area contributed by atoms with Crippen molar-refractivity contribution in [1.29, 1.82) is 0 Å². The van der Waals surface area contributed by atoms with Crippen LogP contribution in [0.2, 0.25) is 0 Å². The van der Waals surface area contributed by atoms with Gasteiger partial charge in [0, 0.05) is 6.54 Å². The summed E-state index contributed by atoms with van der Waals surface area (Å²) in [4.78, 5) is 10.8. The van der Waals surface area contributed by atoms with Gasteiger partial charge < -0.3 is 14.9 Å². The molecule has 0 atom stereocenters. The van der Waals surface area contributed by atoms with E-state index in [0.29, 0.717) is 23.3 Å². The molecule has 0 amide bonds. The van der Waals surface area contributed by atoms with Crippen LogP contribution in [-0.4, -0.2) is 22.8 Å². The number of nitrogens with one attached hydrogen (secondary N) is 1. The lowest BCUT2D eigenvalue weighted by atomic mass is 10.1. The maximum atomic E-state index is 10.8. The van der Waals surface area contributed by atoms with Gasteiger partial charge in [0.1, 0.15) is 0 Å². The number of aromatic nitrogens is 1. The van der Waals surface area contributed by atoms with E-state index in [-0.39, 0.29) is 5.56 Å². The first kappa shape index (κ1) is 9.51. The second-order valence-corrected chi connectivity index (χ2v) is 3.08. The first-order chi connectivity index (χ1) is 7.22. The molecule has 0 unspecified atom stereocenters. The van der Waals surface area contributed by atoms with Crippen molar-refractivity contribution in [3.05, 3.63) is 23.8 Å². The Kier molecular flexibility index (Phi) is 2.29. The van der Waals surface area contributed by atoms with Crippen molar-refractivity contribution in [2.75, 3.05) is 11.9 Å². The van der Waals surface area contributed by atoms with E-state index < -0.39 is 5.97 Å². The molecule has 0 saturated heterocycles. The van der Waals surface area contributed by atoms with Gasteiger partial charge >= 0.3 is 5.97 Å². The van der Waals surface area contributed by atoms with Gasteiger partial charge in [0.15, 0.2) is 11.4 Å². The van der Waals surface area contributed by atoms with Gasteiger partial charge in [-0.2, -0.15) is 0 Å². The van der Waals surface area contributed by atoms with Crippen LogP contribution in [0.25, 0.3) is 11.0 Å². The molecule has 0 aliphatic heterocycles. The lowest BCUT2D eigenvalue weighted by Gasteiger charge is -1.97. The molecule has 0 fully saturated rings. The van der Waals surface area contributed by atoms with Gasteiger partial charge in [0.05, 0.1) is 10.9 Å². The van der Waals surface area contributed by atoms with Crippen LogP contribution in [0.15, 0.2) is 22.7 Å². The van der Waals surface area contributed by atoms with E-state index in [0.717, 1.165) is 0 Å². The summed E-state index contributed by atoms with van der Waals surface area (Å²) in [5, 5.41) is 16.3. The van der Waals surface area contributed by atoms with Crippen LogP contribution in [0.3, 0.4) is 0 Å². The number of rotatable bonds is 3. The van der Waals surface area contributed by atoms with Crippen molar-refractivity contribution in [1.82, 2.24) is 5.16 Å². The zero-order valence-electron chi connectivity index (χ0n) is 8.15. The number of benzene rings is 1. The van der Waals surface area contributed by atoms with Crippen molar-refractivity contribution in [2.24, 2.45) is 0 Å². The molecular formula is C10H10N2O3. The fraction of sp³-hybridized carbons (Fsp3) is 0.200. The molecule has 78 valence electrons. The maximum Gasteiger partial charge on any atom is 0.335 e.